The highest BCUT2D eigenvalue weighted by Gasteiger charge is 2.19. The molecule has 0 unspecified atom stereocenters. The first kappa shape index (κ1) is 14.2. The average molecular weight is 296 g/mol. The van der Waals surface area contributed by atoms with Gasteiger partial charge in [-0.3, -0.25) is 4.72 Å². The first-order chi connectivity index (χ1) is 9.33. The van der Waals surface area contributed by atoms with E-state index < -0.39 is 10.0 Å². The van der Waals surface area contributed by atoms with Crippen molar-refractivity contribution in [2.75, 3.05) is 17.6 Å². The van der Waals surface area contributed by atoms with Crippen LogP contribution >= 0.6 is 0 Å². The number of nitrogens with two attached hydrogens (primary N) is 1. The van der Waals surface area contributed by atoms with Gasteiger partial charge in [-0.15, -0.1) is 0 Å². The summed E-state index contributed by atoms with van der Waals surface area (Å²) in [7, 11) is -0.525. The molecule has 8 heteroatoms. The van der Waals surface area contributed by atoms with E-state index in [4.69, 9.17) is 10.5 Å². The molecule has 1 aromatic heterocycles. The molecule has 1 heterocycles. The molecule has 0 aliphatic carbocycles. The van der Waals surface area contributed by atoms with Crippen molar-refractivity contribution < 1.29 is 13.2 Å². The van der Waals surface area contributed by atoms with Crippen LogP contribution in [0, 0.1) is 6.92 Å². The summed E-state index contributed by atoms with van der Waals surface area (Å²) in [5, 5.41) is -0.0484. The van der Waals surface area contributed by atoms with E-state index in [-0.39, 0.29) is 16.4 Å². The van der Waals surface area contributed by atoms with Gasteiger partial charge in [0.25, 0.3) is 10.0 Å². The van der Waals surface area contributed by atoms with Gasteiger partial charge < -0.3 is 15.0 Å². The van der Waals surface area contributed by atoms with Gasteiger partial charge in [-0.1, -0.05) is 0 Å². The van der Waals surface area contributed by atoms with Crippen molar-refractivity contribution >= 4 is 21.4 Å². The lowest BCUT2D eigenvalue weighted by Gasteiger charge is -2.09. The second-order valence-electron chi connectivity index (χ2n) is 4.30. The van der Waals surface area contributed by atoms with Crippen LogP contribution in [0.3, 0.4) is 0 Å². The monoisotopic (exact) mass is 296 g/mol. The Kier molecular flexibility index (Phi) is 3.58. The van der Waals surface area contributed by atoms with E-state index in [0.717, 1.165) is 0 Å². The number of rotatable bonds is 4. The zero-order valence-corrected chi connectivity index (χ0v) is 12.2. The van der Waals surface area contributed by atoms with Crippen LogP contribution in [-0.4, -0.2) is 25.1 Å². The lowest BCUT2D eigenvalue weighted by Crippen LogP contribution is -2.14. The largest absolute Gasteiger partial charge is 0.497 e. The topological polar surface area (TPSA) is 99.2 Å². The highest BCUT2D eigenvalue weighted by atomic mass is 32.2. The fourth-order valence-corrected chi connectivity index (χ4v) is 2.74. The van der Waals surface area contributed by atoms with Crippen molar-refractivity contribution in [3.05, 3.63) is 30.2 Å². The number of hydrogen-bond donors (Lipinski definition) is 2. The summed E-state index contributed by atoms with van der Waals surface area (Å²) >= 11 is 0. The Morgan fingerprint density at radius 3 is 2.60 bits per heavy atom. The van der Waals surface area contributed by atoms with Gasteiger partial charge in [0, 0.05) is 19.3 Å². The van der Waals surface area contributed by atoms with E-state index >= 15 is 0 Å². The Balaban J connectivity index is 2.33. The first-order valence-corrected chi connectivity index (χ1v) is 7.28. The summed E-state index contributed by atoms with van der Waals surface area (Å²) in [6, 6.07) is 4.71. The summed E-state index contributed by atoms with van der Waals surface area (Å²) in [6.45, 7) is 1.72. The second-order valence-corrected chi connectivity index (χ2v) is 5.93. The number of nitrogen functional groups attached to an aromatic ring is 1. The summed E-state index contributed by atoms with van der Waals surface area (Å²) in [5.41, 5.74) is 6.35. The number of ether oxygens (including phenoxy) is 1. The average Bonchev–Trinajstić information content (AvgIpc) is 2.73. The smallest absolute Gasteiger partial charge is 0.281 e. The lowest BCUT2D eigenvalue weighted by atomic mass is 10.2. The van der Waals surface area contributed by atoms with Gasteiger partial charge in [-0.2, -0.15) is 8.42 Å². The fraction of sp³-hybridized carbons (Fsp3) is 0.250. The normalized spacial score (nSPS) is 11.3. The predicted octanol–water partition coefficient (Wildman–Crippen LogP) is 1.12. The molecule has 1 aromatic carbocycles. The summed E-state index contributed by atoms with van der Waals surface area (Å²) in [5.74, 6) is 1.16. The van der Waals surface area contributed by atoms with Crippen LogP contribution < -0.4 is 15.2 Å². The van der Waals surface area contributed by atoms with Crippen molar-refractivity contribution in [3.8, 4) is 5.75 Å². The van der Waals surface area contributed by atoms with E-state index in [1.807, 2.05) is 0 Å². The maximum Gasteiger partial charge on any atom is 0.281 e. The zero-order valence-electron chi connectivity index (χ0n) is 11.4. The minimum atomic E-state index is -3.76. The molecular formula is C12H16N4O3S. The highest BCUT2D eigenvalue weighted by Crippen LogP contribution is 2.26. The van der Waals surface area contributed by atoms with Gasteiger partial charge in [-0.05, 0) is 19.1 Å². The molecule has 0 aliphatic heterocycles. The Morgan fingerprint density at radius 2 is 2.10 bits per heavy atom. The number of nitrogens with one attached hydrogen (secondary N) is 1. The van der Waals surface area contributed by atoms with Gasteiger partial charge in [0.15, 0.2) is 5.03 Å². The number of nitrogens with zero attached hydrogens (tertiary/aromatic N) is 2. The summed E-state index contributed by atoms with van der Waals surface area (Å²) in [4.78, 5) is 3.99. The number of anilines is 2. The molecule has 0 aliphatic rings. The van der Waals surface area contributed by atoms with Crippen molar-refractivity contribution in [2.24, 2.45) is 7.05 Å². The van der Waals surface area contributed by atoms with E-state index in [1.165, 1.54) is 13.3 Å². The standard InChI is InChI=1S/C12H16N4O3S/c1-8-14-12(7-16(8)2)20(17,18)15-11-5-4-9(19-3)6-10(11)13/h4-7,15H,13H2,1-3H3. The number of sulfonamides is 1. The third kappa shape index (κ3) is 2.69. The molecule has 2 rings (SSSR count). The Labute approximate surface area is 117 Å². The van der Waals surface area contributed by atoms with Crippen LogP contribution in [0.4, 0.5) is 11.4 Å². The molecule has 2 aromatic rings. The van der Waals surface area contributed by atoms with Gasteiger partial charge in [0.1, 0.15) is 11.6 Å². The molecule has 0 saturated carbocycles. The van der Waals surface area contributed by atoms with Gasteiger partial charge in [0.05, 0.1) is 18.5 Å². The molecule has 0 saturated heterocycles. The summed E-state index contributed by atoms with van der Waals surface area (Å²) in [6.07, 6.45) is 1.44. The molecule has 108 valence electrons. The number of imidazole rings is 1. The number of benzene rings is 1. The van der Waals surface area contributed by atoms with Crippen LogP contribution in [0.2, 0.25) is 0 Å². The van der Waals surface area contributed by atoms with Crippen LogP contribution in [-0.2, 0) is 17.1 Å². The minimum Gasteiger partial charge on any atom is -0.497 e. The molecule has 0 spiro atoms. The molecule has 20 heavy (non-hydrogen) atoms. The van der Waals surface area contributed by atoms with Crippen LogP contribution in [0.5, 0.6) is 5.75 Å². The van der Waals surface area contributed by atoms with Crippen LogP contribution in [0.25, 0.3) is 0 Å². The number of aromatic nitrogens is 2. The predicted molar refractivity (Wildman–Crippen MR) is 76.2 cm³/mol. The fourth-order valence-electron chi connectivity index (χ4n) is 1.61. The third-order valence-corrected chi connectivity index (χ3v) is 4.10. The minimum absolute atomic E-state index is 0.0484. The van der Waals surface area contributed by atoms with Crippen molar-refractivity contribution in [1.82, 2.24) is 9.55 Å². The van der Waals surface area contributed by atoms with Gasteiger partial charge in [0.2, 0.25) is 0 Å². The molecular weight excluding hydrogens is 280 g/mol. The molecule has 3 N–H and O–H groups in total. The Bertz CT molecular complexity index is 718. The second kappa shape index (κ2) is 5.04. The molecule has 7 nitrogen and oxygen atoms in total. The quantitative estimate of drug-likeness (QED) is 0.824. The molecule has 0 bridgehead atoms. The van der Waals surface area contributed by atoms with Gasteiger partial charge >= 0.3 is 0 Å². The molecule has 0 atom stereocenters. The van der Waals surface area contributed by atoms with Crippen LogP contribution in [0.15, 0.2) is 29.4 Å². The Hall–Kier alpha value is -2.22. The SMILES string of the molecule is COc1ccc(NS(=O)(=O)c2cn(C)c(C)n2)c(N)c1. The third-order valence-electron chi connectivity index (χ3n) is 2.86. The molecule has 0 amide bonds. The van der Waals surface area contributed by atoms with Crippen molar-refractivity contribution in [1.29, 1.82) is 0 Å². The molecule has 0 radical (unpaired) electrons. The Morgan fingerprint density at radius 1 is 1.40 bits per heavy atom. The van der Waals surface area contributed by atoms with E-state index in [9.17, 15) is 8.42 Å². The van der Waals surface area contributed by atoms with Crippen LogP contribution in [0.1, 0.15) is 5.82 Å². The zero-order chi connectivity index (χ0) is 14.9. The number of methoxy groups -OCH3 is 1. The summed E-state index contributed by atoms with van der Waals surface area (Å²) < 4.78 is 33.5. The number of hydrogen-bond acceptors (Lipinski definition) is 5. The first-order valence-electron chi connectivity index (χ1n) is 5.80. The van der Waals surface area contributed by atoms with E-state index in [0.29, 0.717) is 11.6 Å². The lowest BCUT2D eigenvalue weighted by molar-refractivity contribution is 0.415. The van der Waals surface area contributed by atoms with Crippen molar-refractivity contribution in [2.45, 2.75) is 11.9 Å². The maximum absolute atomic E-state index is 12.2. The van der Waals surface area contributed by atoms with E-state index in [2.05, 4.69) is 9.71 Å². The highest BCUT2D eigenvalue weighted by molar-refractivity contribution is 7.92. The maximum atomic E-state index is 12.2. The van der Waals surface area contributed by atoms with Gasteiger partial charge in [-0.25, -0.2) is 4.98 Å². The van der Waals surface area contributed by atoms with Crippen molar-refractivity contribution in [3.63, 3.8) is 0 Å². The number of aryl methyl sites for hydroxylation is 2. The molecule has 0 fully saturated rings. The van der Waals surface area contributed by atoms with E-state index in [1.54, 1.807) is 36.7 Å².